The van der Waals surface area contributed by atoms with E-state index >= 15 is 0 Å². The van der Waals surface area contributed by atoms with Crippen molar-refractivity contribution in [2.45, 2.75) is 13.1 Å². The van der Waals surface area contributed by atoms with Gasteiger partial charge in [0.1, 0.15) is 5.69 Å². The van der Waals surface area contributed by atoms with Crippen LogP contribution in [0.15, 0.2) is 48.5 Å². The lowest BCUT2D eigenvalue weighted by atomic mass is 10.2. The molecule has 0 unspecified atom stereocenters. The second-order valence-electron chi connectivity index (χ2n) is 4.66. The van der Waals surface area contributed by atoms with Gasteiger partial charge in [0.05, 0.1) is 12.8 Å². The maximum absolute atomic E-state index is 11.4. The van der Waals surface area contributed by atoms with E-state index < -0.39 is 5.97 Å². The van der Waals surface area contributed by atoms with E-state index in [1.807, 2.05) is 37.4 Å². The van der Waals surface area contributed by atoms with Crippen LogP contribution in [0.1, 0.15) is 21.7 Å². The Kier molecular flexibility index (Phi) is 4.85. The summed E-state index contributed by atoms with van der Waals surface area (Å²) in [6.07, 6.45) is 0. The van der Waals surface area contributed by atoms with E-state index in [2.05, 4.69) is 26.8 Å². The molecule has 0 saturated heterocycles. The SMILES string of the molecule is COC(=O)c1cccc(CN(C)Cc2ccccc2)n1. The smallest absolute Gasteiger partial charge is 0.356 e. The van der Waals surface area contributed by atoms with E-state index in [9.17, 15) is 4.79 Å². The molecule has 104 valence electrons. The first kappa shape index (κ1) is 14.2. The summed E-state index contributed by atoms with van der Waals surface area (Å²) in [5.74, 6) is -0.405. The van der Waals surface area contributed by atoms with Gasteiger partial charge in [-0.15, -0.1) is 0 Å². The summed E-state index contributed by atoms with van der Waals surface area (Å²) in [6, 6.07) is 15.6. The summed E-state index contributed by atoms with van der Waals surface area (Å²) in [5, 5.41) is 0. The van der Waals surface area contributed by atoms with Crippen LogP contribution in [0.5, 0.6) is 0 Å². The van der Waals surface area contributed by atoms with Gasteiger partial charge in [0.15, 0.2) is 0 Å². The van der Waals surface area contributed by atoms with Crippen molar-refractivity contribution in [1.82, 2.24) is 9.88 Å². The number of hydrogen-bond acceptors (Lipinski definition) is 4. The first-order chi connectivity index (χ1) is 9.69. The van der Waals surface area contributed by atoms with Crippen molar-refractivity contribution in [3.63, 3.8) is 0 Å². The Balaban J connectivity index is 2.01. The first-order valence-electron chi connectivity index (χ1n) is 6.46. The van der Waals surface area contributed by atoms with E-state index in [1.54, 1.807) is 6.07 Å². The minimum atomic E-state index is -0.405. The Labute approximate surface area is 119 Å². The van der Waals surface area contributed by atoms with Crippen molar-refractivity contribution < 1.29 is 9.53 Å². The van der Waals surface area contributed by atoms with Gasteiger partial charge in [-0.05, 0) is 24.7 Å². The van der Waals surface area contributed by atoms with Crippen molar-refractivity contribution in [3.05, 3.63) is 65.5 Å². The van der Waals surface area contributed by atoms with Crippen LogP contribution in [0.25, 0.3) is 0 Å². The lowest BCUT2D eigenvalue weighted by Gasteiger charge is -2.16. The van der Waals surface area contributed by atoms with Crippen LogP contribution >= 0.6 is 0 Å². The topological polar surface area (TPSA) is 42.4 Å². The molecule has 0 aliphatic carbocycles. The maximum Gasteiger partial charge on any atom is 0.356 e. The summed E-state index contributed by atoms with van der Waals surface area (Å²) >= 11 is 0. The second-order valence-corrected chi connectivity index (χ2v) is 4.66. The number of pyridine rings is 1. The number of aromatic nitrogens is 1. The maximum atomic E-state index is 11.4. The fourth-order valence-electron chi connectivity index (χ4n) is 2.01. The van der Waals surface area contributed by atoms with Crippen molar-refractivity contribution in [1.29, 1.82) is 0 Å². The zero-order chi connectivity index (χ0) is 14.4. The van der Waals surface area contributed by atoms with Crippen LogP contribution in [0, 0.1) is 0 Å². The molecular weight excluding hydrogens is 252 g/mol. The molecule has 1 heterocycles. The Hall–Kier alpha value is -2.20. The van der Waals surface area contributed by atoms with E-state index in [0.29, 0.717) is 12.2 Å². The highest BCUT2D eigenvalue weighted by molar-refractivity contribution is 5.87. The monoisotopic (exact) mass is 270 g/mol. The lowest BCUT2D eigenvalue weighted by Crippen LogP contribution is -2.18. The highest BCUT2D eigenvalue weighted by Gasteiger charge is 2.09. The fourth-order valence-corrected chi connectivity index (χ4v) is 2.01. The van der Waals surface area contributed by atoms with Gasteiger partial charge >= 0.3 is 5.97 Å². The highest BCUT2D eigenvalue weighted by Crippen LogP contribution is 2.07. The summed E-state index contributed by atoms with van der Waals surface area (Å²) in [6.45, 7) is 1.52. The third kappa shape index (κ3) is 3.90. The molecule has 20 heavy (non-hydrogen) atoms. The molecule has 0 saturated carbocycles. The van der Waals surface area contributed by atoms with Gasteiger partial charge < -0.3 is 4.74 Å². The molecule has 0 aliphatic rings. The van der Waals surface area contributed by atoms with E-state index in [-0.39, 0.29) is 0 Å². The summed E-state index contributed by atoms with van der Waals surface area (Å²) < 4.78 is 4.68. The zero-order valence-corrected chi connectivity index (χ0v) is 11.7. The number of hydrogen-bond donors (Lipinski definition) is 0. The van der Waals surface area contributed by atoms with Crippen molar-refractivity contribution in [2.75, 3.05) is 14.2 Å². The summed E-state index contributed by atoms with van der Waals surface area (Å²) in [4.78, 5) is 17.9. The Bertz CT molecular complexity index is 570. The van der Waals surface area contributed by atoms with Crippen LogP contribution in [0.4, 0.5) is 0 Å². The molecule has 1 aromatic carbocycles. The Morgan fingerprint density at radius 2 is 1.85 bits per heavy atom. The normalized spacial score (nSPS) is 10.6. The van der Waals surface area contributed by atoms with Crippen molar-refractivity contribution >= 4 is 5.97 Å². The van der Waals surface area contributed by atoms with Crippen molar-refractivity contribution in [3.8, 4) is 0 Å². The van der Waals surface area contributed by atoms with E-state index in [1.165, 1.54) is 12.7 Å². The third-order valence-corrected chi connectivity index (χ3v) is 2.93. The molecule has 0 spiro atoms. The molecule has 0 atom stereocenters. The number of esters is 1. The Morgan fingerprint density at radius 3 is 2.55 bits per heavy atom. The minimum Gasteiger partial charge on any atom is -0.464 e. The number of carbonyl (C=O) groups excluding carboxylic acids is 1. The van der Waals surface area contributed by atoms with Crippen LogP contribution < -0.4 is 0 Å². The molecule has 0 amide bonds. The molecule has 0 aliphatic heterocycles. The molecule has 4 nitrogen and oxygen atoms in total. The minimum absolute atomic E-state index is 0.345. The number of benzene rings is 1. The van der Waals surface area contributed by atoms with Gasteiger partial charge in [-0.3, -0.25) is 4.90 Å². The molecular formula is C16H18N2O2. The summed E-state index contributed by atoms with van der Waals surface area (Å²) in [7, 11) is 3.39. The van der Waals surface area contributed by atoms with E-state index in [0.717, 1.165) is 12.2 Å². The predicted molar refractivity (Wildman–Crippen MR) is 77.2 cm³/mol. The Morgan fingerprint density at radius 1 is 1.10 bits per heavy atom. The molecule has 0 fully saturated rings. The zero-order valence-electron chi connectivity index (χ0n) is 11.7. The quantitative estimate of drug-likeness (QED) is 0.783. The van der Waals surface area contributed by atoms with Crippen molar-refractivity contribution in [2.24, 2.45) is 0 Å². The fraction of sp³-hybridized carbons (Fsp3) is 0.250. The molecule has 0 bridgehead atoms. The van der Waals surface area contributed by atoms with Gasteiger partial charge in [0.2, 0.25) is 0 Å². The molecule has 0 N–H and O–H groups in total. The van der Waals surface area contributed by atoms with Gasteiger partial charge in [-0.25, -0.2) is 9.78 Å². The van der Waals surface area contributed by atoms with Gasteiger partial charge in [0, 0.05) is 13.1 Å². The second kappa shape index (κ2) is 6.82. The molecule has 0 radical (unpaired) electrons. The third-order valence-electron chi connectivity index (χ3n) is 2.93. The van der Waals surface area contributed by atoms with E-state index in [4.69, 9.17) is 0 Å². The first-order valence-corrected chi connectivity index (χ1v) is 6.46. The molecule has 4 heteroatoms. The average molecular weight is 270 g/mol. The highest BCUT2D eigenvalue weighted by atomic mass is 16.5. The van der Waals surface area contributed by atoms with Crippen LogP contribution in [-0.2, 0) is 17.8 Å². The number of carbonyl (C=O) groups is 1. The van der Waals surface area contributed by atoms with Crippen LogP contribution in [0.3, 0.4) is 0 Å². The molecule has 2 aromatic rings. The van der Waals surface area contributed by atoms with Crippen LogP contribution in [0.2, 0.25) is 0 Å². The standard InChI is InChI=1S/C16H18N2O2/c1-18(11-13-7-4-3-5-8-13)12-14-9-6-10-15(17-14)16(19)20-2/h3-10H,11-12H2,1-2H3. The van der Waals surface area contributed by atoms with Gasteiger partial charge in [-0.1, -0.05) is 36.4 Å². The lowest BCUT2D eigenvalue weighted by molar-refractivity contribution is 0.0593. The van der Waals surface area contributed by atoms with Gasteiger partial charge in [0.25, 0.3) is 0 Å². The number of rotatable bonds is 5. The average Bonchev–Trinajstić information content (AvgIpc) is 2.47. The predicted octanol–water partition coefficient (Wildman–Crippen LogP) is 2.50. The summed E-state index contributed by atoms with van der Waals surface area (Å²) in [5.41, 5.74) is 2.45. The number of ether oxygens (including phenoxy) is 1. The number of nitrogens with zero attached hydrogens (tertiary/aromatic N) is 2. The van der Waals surface area contributed by atoms with Gasteiger partial charge in [-0.2, -0.15) is 0 Å². The largest absolute Gasteiger partial charge is 0.464 e. The van der Waals surface area contributed by atoms with Crippen LogP contribution in [-0.4, -0.2) is 30.0 Å². The molecule has 1 aromatic heterocycles. The molecule has 2 rings (SSSR count). The number of methoxy groups -OCH3 is 1.